The highest BCUT2D eigenvalue weighted by molar-refractivity contribution is 5.78. The van der Waals surface area contributed by atoms with Gasteiger partial charge in [-0.05, 0) is 26.0 Å². The number of nitrogens with zero attached hydrogens (tertiary/aromatic N) is 2. The van der Waals surface area contributed by atoms with Crippen LogP contribution < -0.4 is 15.6 Å². The van der Waals surface area contributed by atoms with Crippen molar-refractivity contribution in [1.29, 1.82) is 0 Å². The number of H-pyrrole nitrogens is 1. The molecule has 0 unspecified atom stereocenters. The lowest BCUT2D eigenvalue weighted by Gasteiger charge is -2.12. The summed E-state index contributed by atoms with van der Waals surface area (Å²) in [6, 6.07) is 7.13. The summed E-state index contributed by atoms with van der Waals surface area (Å²) in [6.07, 6.45) is 2.32. The van der Waals surface area contributed by atoms with Gasteiger partial charge < -0.3 is 15.0 Å². The van der Waals surface area contributed by atoms with E-state index < -0.39 is 0 Å². The van der Waals surface area contributed by atoms with Gasteiger partial charge >= 0.3 is 0 Å². The predicted molar refractivity (Wildman–Crippen MR) is 103 cm³/mol. The Hall–Kier alpha value is -3.22. The van der Waals surface area contributed by atoms with Gasteiger partial charge in [0.1, 0.15) is 11.6 Å². The SMILES string of the molecule is COc1c(C)cnc(CNC(=O)CCc2nc3ccccc3c(=O)[nH]2)c1C. The van der Waals surface area contributed by atoms with Crippen LogP contribution in [0.15, 0.2) is 35.3 Å². The molecule has 0 spiro atoms. The van der Waals surface area contributed by atoms with Crippen molar-refractivity contribution in [2.45, 2.75) is 33.2 Å². The van der Waals surface area contributed by atoms with Gasteiger partial charge in [0.15, 0.2) is 0 Å². The Kier molecular flexibility index (Phi) is 5.49. The molecule has 0 aliphatic heterocycles. The molecule has 3 rings (SSSR count). The van der Waals surface area contributed by atoms with Crippen molar-refractivity contribution in [2.24, 2.45) is 0 Å². The quantitative estimate of drug-likeness (QED) is 0.697. The minimum atomic E-state index is -0.192. The van der Waals surface area contributed by atoms with Crippen molar-refractivity contribution in [3.63, 3.8) is 0 Å². The van der Waals surface area contributed by atoms with Gasteiger partial charge in [-0.3, -0.25) is 14.6 Å². The summed E-state index contributed by atoms with van der Waals surface area (Å²) in [5.74, 6) is 1.15. The highest BCUT2D eigenvalue weighted by Gasteiger charge is 2.11. The largest absolute Gasteiger partial charge is 0.496 e. The molecule has 140 valence electrons. The number of methoxy groups -OCH3 is 1. The van der Waals surface area contributed by atoms with Gasteiger partial charge in [-0.25, -0.2) is 4.98 Å². The van der Waals surface area contributed by atoms with Gasteiger partial charge in [0.25, 0.3) is 5.56 Å². The minimum absolute atomic E-state index is 0.133. The van der Waals surface area contributed by atoms with E-state index in [1.807, 2.05) is 19.9 Å². The molecule has 0 aliphatic rings. The van der Waals surface area contributed by atoms with Gasteiger partial charge in [-0.2, -0.15) is 0 Å². The number of carbonyl (C=O) groups excluding carboxylic acids is 1. The molecule has 0 atom stereocenters. The van der Waals surface area contributed by atoms with E-state index in [2.05, 4.69) is 20.3 Å². The van der Waals surface area contributed by atoms with Crippen LogP contribution in [0.25, 0.3) is 10.9 Å². The smallest absolute Gasteiger partial charge is 0.258 e. The van der Waals surface area contributed by atoms with Crippen LogP contribution in [0.5, 0.6) is 5.75 Å². The van der Waals surface area contributed by atoms with E-state index in [4.69, 9.17) is 4.74 Å². The topological polar surface area (TPSA) is 97.0 Å². The van der Waals surface area contributed by atoms with Gasteiger partial charge in [0.05, 0.1) is 30.3 Å². The monoisotopic (exact) mass is 366 g/mol. The molecule has 0 aliphatic carbocycles. The fourth-order valence-electron chi connectivity index (χ4n) is 3.01. The molecule has 3 aromatic rings. The molecule has 1 aromatic carbocycles. The number of carbonyl (C=O) groups is 1. The number of ether oxygens (including phenoxy) is 1. The van der Waals surface area contributed by atoms with E-state index in [9.17, 15) is 9.59 Å². The summed E-state index contributed by atoms with van der Waals surface area (Å²) in [6.45, 7) is 4.17. The van der Waals surface area contributed by atoms with Crippen LogP contribution in [0.2, 0.25) is 0 Å². The zero-order chi connectivity index (χ0) is 19.4. The van der Waals surface area contributed by atoms with Crippen LogP contribution in [0, 0.1) is 13.8 Å². The first kappa shape index (κ1) is 18.6. The molecule has 1 amide bonds. The third-order valence-electron chi connectivity index (χ3n) is 4.45. The standard InChI is InChI=1S/C20H22N4O3/c1-12-10-21-16(13(2)19(12)27-3)11-22-18(25)9-8-17-23-15-7-5-4-6-14(15)20(26)24-17/h4-7,10H,8-9,11H2,1-3H3,(H,22,25)(H,23,24,26). The molecule has 7 nitrogen and oxygen atoms in total. The van der Waals surface area contributed by atoms with Crippen molar-refractivity contribution in [3.8, 4) is 5.75 Å². The van der Waals surface area contributed by atoms with E-state index in [0.717, 1.165) is 22.6 Å². The third-order valence-corrected chi connectivity index (χ3v) is 4.45. The Balaban J connectivity index is 1.62. The van der Waals surface area contributed by atoms with Crippen molar-refractivity contribution in [2.75, 3.05) is 7.11 Å². The molecule has 0 bridgehead atoms. The molecule has 7 heteroatoms. The summed E-state index contributed by atoms with van der Waals surface area (Å²) in [5, 5.41) is 3.40. The van der Waals surface area contributed by atoms with Crippen molar-refractivity contribution in [3.05, 3.63) is 63.5 Å². The number of aromatic amines is 1. The highest BCUT2D eigenvalue weighted by atomic mass is 16.5. The van der Waals surface area contributed by atoms with Gasteiger partial charge in [-0.15, -0.1) is 0 Å². The Labute approximate surface area is 156 Å². The summed E-state index contributed by atoms with van der Waals surface area (Å²) in [4.78, 5) is 35.8. The number of rotatable bonds is 6. The minimum Gasteiger partial charge on any atom is -0.496 e. The molecule has 0 saturated carbocycles. The van der Waals surface area contributed by atoms with E-state index >= 15 is 0 Å². The zero-order valence-electron chi connectivity index (χ0n) is 15.6. The van der Waals surface area contributed by atoms with E-state index in [1.54, 1.807) is 31.5 Å². The van der Waals surface area contributed by atoms with Crippen molar-refractivity contribution >= 4 is 16.8 Å². The average molecular weight is 366 g/mol. The number of fused-ring (bicyclic) bond motifs is 1. The van der Waals surface area contributed by atoms with Crippen molar-refractivity contribution < 1.29 is 9.53 Å². The molecule has 2 aromatic heterocycles. The molecule has 2 heterocycles. The normalized spacial score (nSPS) is 10.8. The first-order valence-electron chi connectivity index (χ1n) is 8.73. The second-order valence-corrected chi connectivity index (χ2v) is 6.35. The maximum Gasteiger partial charge on any atom is 0.258 e. The predicted octanol–water partition coefficient (Wildman–Crippen LogP) is 2.19. The number of aryl methyl sites for hydroxylation is 2. The lowest BCUT2D eigenvalue weighted by molar-refractivity contribution is -0.121. The first-order chi connectivity index (χ1) is 13.0. The number of amides is 1. The van der Waals surface area contributed by atoms with E-state index in [1.165, 1.54) is 0 Å². The van der Waals surface area contributed by atoms with Gasteiger partial charge in [-0.1, -0.05) is 12.1 Å². The van der Waals surface area contributed by atoms with Gasteiger partial charge in [0, 0.05) is 30.2 Å². The molecule has 2 N–H and O–H groups in total. The van der Waals surface area contributed by atoms with Crippen LogP contribution in [0.1, 0.15) is 29.1 Å². The van der Waals surface area contributed by atoms with Crippen LogP contribution >= 0.6 is 0 Å². The molecular formula is C20H22N4O3. The summed E-state index contributed by atoms with van der Waals surface area (Å²) in [7, 11) is 1.62. The van der Waals surface area contributed by atoms with Crippen LogP contribution in [0.4, 0.5) is 0 Å². The average Bonchev–Trinajstić information content (AvgIpc) is 2.66. The van der Waals surface area contributed by atoms with Crippen LogP contribution in [-0.2, 0) is 17.8 Å². The fraction of sp³-hybridized carbons (Fsp3) is 0.300. The fourth-order valence-corrected chi connectivity index (χ4v) is 3.01. The Bertz CT molecular complexity index is 1040. The molecule has 0 fully saturated rings. The number of nitrogens with one attached hydrogen (secondary N) is 2. The molecule has 27 heavy (non-hydrogen) atoms. The summed E-state index contributed by atoms with van der Waals surface area (Å²) < 4.78 is 5.38. The molecule has 0 radical (unpaired) electrons. The number of benzene rings is 1. The van der Waals surface area contributed by atoms with Crippen LogP contribution in [-0.4, -0.2) is 28.0 Å². The van der Waals surface area contributed by atoms with Crippen LogP contribution in [0.3, 0.4) is 0 Å². The Morgan fingerprint density at radius 3 is 2.81 bits per heavy atom. The zero-order valence-corrected chi connectivity index (χ0v) is 15.6. The maximum atomic E-state index is 12.2. The van der Waals surface area contributed by atoms with Gasteiger partial charge in [0.2, 0.25) is 5.91 Å². The molecular weight excluding hydrogens is 344 g/mol. The number of hydrogen-bond acceptors (Lipinski definition) is 5. The first-order valence-corrected chi connectivity index (χ1v) is 8.73. The maximum absolute atomic E-state index is 12.2. The Morgan fingerprint density at radius 1 is 1.26 bits per heavy atom. The number of para-hydroxylation sites is 1. The van der Waals surface area contributed by atoms with E-state index in [0.29, 0.717) is 29.7 Å². The lowest BCUT2D eigenvalue weighted by atomic mass is 10.1. The summed E-state index contributed by atoms with van der Waals surface area (Å²) in [5.41, 5.74) is 3.07. The number of pyridine rings is 1. The second-order valence-electron chi connectivity index (χ2n) is 6.35. The Morgan fingerprint density at radius 2 is 2.04 bits per heavy atom. The van der Waals surface area contributed by atoms with E-state index in [-0.39, 0.29) is 17.9 Å². The number of aromatic nitrogens is 3. The lowest BCUT2D eigenvalue weighted by Crippen LogP contribution is -2.25. The summed E-state index contributed by atoms with van der Waals surface area (Å²) >= 11 is 0. The third kappa shape index (κ3) is 4.13. The second kappa shape index (κ2) is 7.99. The van der Waals surface area contributed by atoms with Crippen molar-refractivity contribution in [1.82, 2.24) is 20.3 Å². The number of hydrogen-bond donors (Lipinski definition) is 2. The molecule has 0 saturated heterocycles. The highest BCUT2D eigenvalue weighted by Crippen LogP contribution is 2.23.